The van der Waals surface area contributed by atoms with Crippen LogP contribution in [0.25, 0.3) is 0 Å². The molecule has 108 valence electrons. The van der Waals surface area contributed by atoms with Crippen LogP contribution in [0, 0.1) is 6.92 Å². The second-order valence-electron chi connectivity index (χ2n) is 4.18. The van der Waals surface area contributed by atoms with Gasteiger partial charge in [-0.05, 0) is 40.5 Å². The number of aliphatic carboxylic acids is 1. The Kier molecular flexibility index (Phi) is 6.24. The highest BCUT2D eigenvalue weighted by atomic mass is 79.9. The SMILES string of the molecule is C=CCN(CC(=O)O)C(=O)COc1ccc(C)cc1Br. The van der Waals surface area contributed by atoms with E-state index in [0.717, 1.165) is 14.9 Å². The van der Waals surface area contributed by atoms with E-state index in [1.54, 1.807) is 6.07 Å². The summed E-state index contributed by atoms with van der Waals surface area (Å²) in [4.78, 5) is 23.7. The number of benzene rings is 1. The van der Waals surface area contributed by atoms with Crippen molar-refractivity contribution in [3.05, 3.63) is 40.9 Å². The molecule has 0 bridgehead atoms. The Balaban J connectivity index is 2.64. The van der Waals surface area contributed by atoms with Crippen molar-refractivity contribution >= 4 is 27.8 Å². The fourth-order valence-electron chi connectivity index (χ4n) is 1.53. The summed E-state index contributed by atoms with van der Waals surface area (Å²) < 4.78 is 6.15. The van der Waals surface area contributed by atoms with E-state index >= 15 is 0 Å². The zero-order valence-corrected chi connectivity index (χ0v) is 12.7. The van der Waals surface area contributed by atoms with Crippen LogP contribution in [0.2, 0.25) is 0 Å². The summed E-state index contributed by atoms with van der Waals surface area (Å²) in [5, 5.41) is 8.74. The minimum atomic E-state index is -1.07. The molecule has 0 atom stereocenters. The number of halogens is 1. The van der Waals surface area contributed by atoms with E-state index in [1.165, 1.54) is 6.08 Å². The first kappa shape index (κ1) is 16.2. The Hall–Kier alpha value is -1.82. The summed E-state index contributed by atoms with van der Waals surface area (Å²) in [5.74, 6) is -0.936. The summed E-state index contributed by atoms with van der Waals surface area (Å²) in [6.07, 6.45) is 1.47. The number of carbonyl (C=O) groups excluding carboxylic acids is 1. The van der Waals surface area contributed by atoms with E-state index < -0.39 is 11.9 Å². The molecule has 0 spiro atoms. The van der Waals surface area contributed by atoms with E-state index in [0.29, 0.717) is 5.75 Å². The standard InChI is InChI=1S/C14H16BrNO4/c1-3-6-16(8-14(18)19)13(17)9-20-12-5-4-10(2)7-11(12)15/h3-5,7H,1,6,8-9H2,2H3,(H,18,19). The Bertz CT molecular complexity index is 516. The molecule has 0 aliphatic carbocycles. The molecule has 1 rings (SSSR count). The molecule has 0 aliphatic heterocycles. The highest BCUT2D eigenvalue weighted by Crippen LogP contribution is 2.25. The number of aryl methyl sites for hydroxylation is 1. The van der Waals surface area contributed by atoms with Crippen LogP contribution < -0.4 is 4.74 Å². The third kappa shape index (κ3) is 5.05. The first-order valence-electron chi connectivity index (χ1n) is 5.93. The van der Waals surface area contributed by atoms with Crippen molar-refractivity contribution in [2.24, 2.45) is 0 Å². The van der Waals surface area contributed by atoms with Gasteiger partial charge in [-0.2, -0.15) is 0 Å². The average molecular weight is 342 g/mol. The lowest BCUT2D eigenvalue weighted by molar-refractivity contribution is -0.144. The highest BCUT2D eigenvalue weighted by molar-refractivity contribution is 9.10. The molecule has 0 aliphatic rings. The number of carboxylic acid groups (broad SMARTS) is 1. The van der Waals surface area contributed by atoms with Gasteiger partial charge in [0.15, 0.2) is 6.61 Å². The van der Waals surface area contributed by atoms with Gasteiger partial charge in [0, 0.05) is 6.54 Å². The quantitative estimate of drug-likeness (QED) is 0.772. The number of carbonyl (C=O) groups is 2. The molecule has 6 heteroatoms. The molecule has 1 aromatic carbocycles. The van der Waals surface area contributed by atoms with Crippen molar-refractivity contribution in [3.63, 3.8) is 0 Å². The van der Waals surface area contributed by atoms with Gasteiger partial charge in [-0.1, -0.05) is 12.1 Å². The fourth-order valence-corrected chi connectivity index (χ4v) is 2.14. The van der Waals surface area contributed by atoms with Crippen molar-refractivity contribution < 1.29 is 19.4 Å². The van der Waals surface area contributed by atoms with Crippen LogP contribution in [0.1, 0.15) is 5.56 Å². The van der Waals surface area contributed by atoms with Gasteiger partial charge in [-0.3, -0.25) is 9.59 Å². The van der Waals surface area contributed by atoms with E-state index in [4.69, 9.17) is 9.84 Å². The zero-order valence-electron chi connectivity index (χ0n) is 11.1. The molecule has 20 heavy (non-hydrogen) atoms. The predicted molar refractivity (Wildman–Crippen MR) is 78.8 cm³/mol. The van der Waals surface area contributed by atoms with Crippen LogP contribution in [-0.4, -0.2) is 41.6 Å². The van der Waals surface area contributed by atoms with Gasteiger partial charge in [0.1, 0.15) is 12.3 Å². The van der Waals surface area contributed by atoms with Crippen molar-refractivity contribution in [3.8, 4) is 5.75 Å². The predicted octanol–water partition coefficient (Wildman–Crippen LogP) is 2.24. The summed E-state index contributed by atoms with van der Waals surface area (Å²) in [5.41, 5.74) is 1.06. The van der Waals surface area contributed by atoms with E-state index in [-0.39, 0.29) is 19.7 Å². The number of hydrogen-bond acceptors (Lipinski definition) is 3. The maximum absolute atomic E-state index is 11.9. The van der Waals surface area contributed by atoms with Crippen LogP contribution in [0.5, 0.6) is 5.75 Å². The second kappa shape index (κ2) is 7.69. The summed E-state index contributed by atoms with van der Waals surface area (Å²) in [6.45, 7) is 5.02. The number of nitrogens with zero attached hydrogens (tertiary/aromatic N) is 1. The fraction of sp³-hybridized carbons (Fsp3) is 0.286. The van der Waals surface area contributed by atoms with Gasteiger partial charge in [0.2, 0.25) is 0 Å². The molecule has 5 nitrogen and oxygen atoms in total. The van der Waals surface area contributed by atoms with E-state index in [1.807, 2.05) is 19.1 Å². The molecule has 1 N–H and O–H groups in total. The minimum Gasteiger partial charge on any atom is -0.483 e. The van der Waals surface area contributed by atoms with Crippen LogP contribution in [-0.2, 0) is 9.59 Å². The van der Waals surface area contributed by atoms with E-state index in [2.05, 4.69) is 22.5 Å². The maximum atomic E-state index is 11.9. The van der Waals surface area contributed by atoms with E-state index in [9.17, 15) is 9.59 Å². The maximum Gasteiger partial charge on any atom is 0.323 e. The minimum absolute atomic E-state index is 0.170. The first-order valence-corrected chi connectivity index (χ1v) is 6.72. The number of amides is 1. The van der Waals surface area contributed by atoms with Crippen LogP contribution in [0.3, 0.4) is 0 Å². The molecule has 0 aromatic heterocycles. The van der Waals surface area contributed by atoms with Crippen molar-refractivity contribution in [1.82, 2.24) is 4.90 Å². The van der Waals surface area contributed by atoms with Crippen molar-refractivity contribution in [2.45, 2.75) is 6.92 Å². The third-order valence-electron chi connectivity index (χ3n) is 2.47. The Morgan fingerprint density at radius 2 is 2.20 bits per heavy atom. The molecule has 0 unspecified atom stereocenters. The van der Waals surface area contributed by atoms with Crippen LogP contribution in [0.4, 0.5) is 0 Å². The number of ether oxygens (including phenoxy) is 1. The highest BCUT2D eigenvalue weighted by Gasteiger charge is 2.16. The molecule has 0 saturated heterocycles. The van der Waals surface area contributed by atoms with Gasteiger partial charge in [-0.25, -0.2) is 0 Å². The van der Waals surface area contributed by atoms with Crippen LogP contribution >= 0.6 is 15.9 Å². The lowest BCUT2D eigenvalue weighted by Gasteiger charge is -2.19. The lowest BCUT2D eigenvalue weighted by Crippen LogP contribution is -2.38. The molecule has 0 saturated carbocycles. The van der Waals surface area contributed by atoms with Gasteiger partial charge >= 0.3 is 5.97 Å². The lowest BCUT2D eigenvalue weighted by atomic mass is 10.2. The Labute approximate surface area is 126 Å². The van der Waals surface area contributed by atoms with Crippen LogP contribution in [0.15, 0.2) is 35.3 Å². The molecule has 0 heterocycles. The largest absolute Gasteiger partial charge is 0.483 e. The normalized spacial score (nSPS) is 9.90. The Morgan fingerprint density at radius 1 is 1.50 bits per heavy atom. The molecule has 1 amide bonds. The smallest absolute Gasteiger partial charge is 0.323 e. The zero-order chi connectivity index (χ0) is 15.1. The number of carboxylic acids is 1. The first-order chi connectivity index (χ1) is 9.43. The summed E-state index contributed by atoms with van der Waals surface area (Å²) >= 11 is 3.35. The monoisotopic (exact) mass is 341 g/mol. The average Bonchev–Trinajstić information content (AvgIpc) is 2.36. The Morgan fingerprint density at radius 3 is 2.75 bits per heavy atom. The van der Waals surface area contributed by atoms with Crippen molar-refractivity contribution in [1.29, 1.82) is 0 Å². The van der Waals surface area contributed by atoms with Gasteiger partial charge in [-0.15, -0.1) is 6.58 Å². The molecule has 0 radical (unpaired) electrons. The molecule has 0 fully saturated rings. The number of hydrogen-bond donors (Lipinski definition) is 1. The van der Waals surface area contributed by atoms with Gasteiger partial charge in [0.05, 0.1) is 4.47 Å². The molecule has 1 aromatic rings. The summed E-state index contributed by atoms with van der Waals surface area (Å²) in [6, 6.07) is 5.49. The second-order valence-corrected chi connectivity index (χ2v) is 5.03. The molecular weight excluding hydrogens is 326 g/mol. The topological polar surface area (TPSA) is 66.8 Å². The summed E-state index contributed by atoms with van der Waals surface area (Å²) in [7, 11) is 0. The number of rotatable bonds is 7. The van der Waals surface area contributed by atoms with Crippen molar-refractivity contribution in [2.75, 3.05) is 19.7 Å². The third-order valence-corrected chi connectivity index (χ3v) is 3.09. The van der Waals surface area contributed by atoms with Gasteiger partial charge < -0.3 is 14.7 Å². The molecular formula is C14H16BrNO4. The van der Waals surface area contributed by atoms with Gasteiger partial charge in [0.25, 0.3) is 5.91 Å².